The van der Waals surface area contributed by atoms with E-state index in [1.165, 1.54) is 16.8 Å². The summed E-state index contributed by atoms with van der Waals surface area (Å²) in [5, 5.41) is 10.3. The minimum atomic E-state index is -0.787. The van der Waals surface area contributed by atoms with Gasteiger partial charge in [-0.2, -0.15) is 0 Å². The van der Waals surface area contributed by atoms with Crippen molar-refractivity contribution in [2.24, 2.45) is 5.92 Å². The van der Waals surface area contributed by atoms with E-state index in [0.717, 1.165) is 0 Å². The zero-order chi connectivity index (χ0) is 13.8. The second-order valence-corrected chi connectivity index (χ2v) is 5.36. The summed E-state index contributed by atoms with van der Waals surface area (Å²) < 4.78 is 12.7. The second-order valence-electron chi connectivity index (χ2n) is 5.36. The van der Waals surface area contributed by atoms with E-state index in [1.807, 2.05) is 13.8 Å². The maximum atomic E-state index is 11.8. The van der Waals surface area contributed by atoms with Crippen LogP contribution in [-0.4, -0.2) is 39.1 Å². The third-order valence-electron chi connectivity index (χ3n) is 4.04. The number of aliphatic hydroxyl groups is 1. The summed E-state index contributed by atoms with van der Waals surface area (Å²) in [5.74, 6) is 0.0518. The van der Waals surface area contributed by atoms with Crippen molar-refractivity contribution < 1.29 is 14.6 Å². The number of hydrogen-bond donors (Lipinski definition) is 2. The summed E-state index contributed by atoms with van der Waals surface area (Å²) >= 11 is 0. The molecule has 0 aromatic carbocycles. The lowest BCUT2D eigenvalue weighted by Gasteiger charge is -2.34. The highest BCUT2D eigenvalue weighted by Crippen LogP contribution is 2.48. The van der Waals surface area contributed by atoms with Crippen molar-refractivity contribution >= 4 is 0 Å². The molecule has 7 heteroatoms. The Morgan fingerprint density at radius 3 is 2.84 bits per heavy atom. The van der Waals surface area contributed by atoms with Gasteiger partial charge in [0.2, 0.25) is 0 Å². The molecule has 2 aliphatic heterocycles. The molecule has 3 rings (SSSR count). The molecule has 1 aromatic heterocycles. The molecule has 19 heavy (non-hydrogen) atoms. The Balaban J connectivity index is 2.01. The molecular weight excluding hydrogens is 252 g/mol. The smallest absolute Gasteiger partial charge is 0.330 e. The zero-order valence-corrected chi connectivity index (χ0v) is 10.7. The van der Waals surface area contributed by atoms with Gasteiger partial charge in [-0.25, -0.2) is 4.79 Å². The maximum absolute atomic E-state index is 11.8. The molecule has 4 atom stereocenters. The normalized spacial score (nSPS) is 37.2. The zero-order valence-electron chi connectivity index (χ0n) is 10.7. The van der Waals surface area contributed by atoms with E-state index >= 15 is 0 Å². The van der Waals surface area contributed by atoms with Crippen molar-refractivity contribution in [1.82, 2.24) is 9.55 Å². The Morgan fingerprint density at radius 1 is 1.53 bits per heavy atom. The summed E-state index contributed by atoms with van der Waals surface area (Å²) in [6.07, 6.45) is -0.728. The minimum Gasteiger partial charge on any atom is -0.387 e. The molecule has 104 valence electrons. The van der Waals surface area contributed by atoms with Crippen LogP contribution in [0.1, 0.15) is 20.1 Å². The fourth-order valence-electron chi connectivity index (χ4n) is 2.80. The molecule has 0 spiro atoms. The van der Waals surface area contributed by atoms with E-state index in [1.54, 1.807) is 0 Å². The van der Waals surface area contributed by atoms with Gasteiger partial charge in [0.1, 0.15) is 17.8 Å². The largest absolute Gasteiger partial charge is 0.387 e. The highest BCUT2D eigenvalue weighted by Gasteiger charge is 2.63. The Kier molecular flexibility index (Phi) is 2.67. The number of ether oxygens (including phenoxy) is 2. The van der Waals surface area contributed by atoms with Gasteiger partial charge in [-0.1, -0.05) is 13.8 Å². The van der Waals surface area contributed by atoms with E-state index in [4.69, 9.17) is 9.47 Å². The van der Waals surface area contributed by atoms with Gasteiger partial charge in [-0.3, -0.25) is 14.3 Å². The average molecular weight is 268 g/mol. The minimum absolute atomic E-state index is 0.0518. The average Bonchev–Trinajstić information content (AvgIpc) is 2.81. The highest BCUT2D eigenvalue weighted by molar-refractivity contribution is 5.08. The lowest BCUT2D eigenvalue weighted by atomic mass is 9.87. The van der Waals surface area contributed by atoms with Crippen LogP contribution in [-0.2, 0) is 9.47 Å². The van der Waals surface area contributed by atoms with Crippen molar-refractivity contribution in [3.05, 3.63) is 33.1 Å². The van der Waals surface area contributed by atoms with Gasteiger partial charge in [0.15, 0.2) is 6.23 Å². The summed E-state index contributed by atoms with van der Waals surface area (Å²) in [5.41, 5.74) is -1.82. The predicted octanol–water partition coefficient (Wildman–Crippen LogP) is -0.780. The lowest BCUT2D eigenvalue weighted by Crippen LogP contribution is -2.46. The van der Waals surface area contributed by atoms with E-state index in [9.17, 15) is 14.7 Å². The topological polar surface area (TPSA) is 93.6 Å². The van der Waals surface area contributed by atoms with Gasteiger partial charge in [0.25, 0.3) is 5.56 Å². The molecular formula is C12H16N2O5. The highest BCUT2D eigenvalue weighted by atomic mass is 16.6. The molecule has 1 aromatic rings. The predicted molar refractivity (Wildman–Crippen MR) is 64.8 cm³/mol. The molecule has 2 N–H and O–H groups in total. The summed E-state index contributed by atoms with van der Waals surface area (Å²) in [6, 6.07) is 1.24. The Labute approximate surface area is 108 Å². The SMILES string of the molecule is CC(C)[C@]12CO[C@H]([C@H](n3ccc(=O)[nH]c3=O)O1)[C@H]2O. The van der Waals surface area contributed by atoms with E-state index in [2.05, 4.69) is 4.98 Å². The summed E-state index contributed by atoms with van der Waals surface area (Å²) in [4.78, 5) is 25.0. The first-order valence-electron chi connectivity index (χ1n) is 6.24. The van der Waals surface area contributed by atoms with Gasteiger partial charge in [-0.15, -0.1) is 0 Å². The number of aliphatic hydroxyl groups excluding tert-OH is 1. The number of aromatic nitrogens is 2. The van der Waals surface area contributed by atoms with Gasteiger partial charge < -0.3 is 14.6 Å². The van der Waals surface area contributed by atoms with Crippen LogP contribution >= 0.6 is 0 Å². The molecule has 0 unspecified atom stereocenters. The van der Waals surface area contributed by atoms with Crippen LogP contribution < -0.4 is 11.2 Å². The fraction of sp³-hybridized carbons (Fsp3) is 0.667. The molecule has 0 aliphatic carbocycles. The number of rotatable bonds is 2. The number of fused-ring (bicyclic) bond motifs is 2. The molecule has 7 nitrogen and oxygen atoms in total. The van der Waals surface area contributed by atoms with Crippen LogP contribution in [0, 0.1) is 5.92 Å². The van der Waals surface area contributed by atoms with Gasteiger partial charge in [0, 0.05) is 12.3 Å². The van der Waals surface area contributed by atoms with E-state index < -0.39 is 35.3 Å². The number of aromatic amines is 1. The fourth-order valence-corrected chi connectivity index (χ4v) is 2.80. The Bertz CT molecular complexity index is 607. The molecule has 0 radical (unpaired) electrons. The van der Waals surface area contributed by atoms with Crippen LogP contribution in [0.25, 0.3) is 0 Å². The standard InChI is InChI=1S/C12H16N2O5/c1-6(2)12-5-18-8(9(12)16)10(19-12)14-4-3-7(15)13-11(14)17/h3-4,6,8-10,16H,5H2,1-2H3,(H,13,15,17)/t8-,9+,10+,12-/m0/s1. The number of nitrogens with one attached hydrogen (secondary N) is 1. The molecule has 0 saturated carbocycles. The van der Waals surface area contributed by atoms with Gasteiger partial charge in [-0.05, 0) is 5.92 Å². The van der Waals surface area contributed by atoms with Gasteiger partial charge >= 0.3 is 5.69 Å². The number of H-pyrrole nitrogens is 1. The van der Waals surface area contributed by atoms with Crippen molar-refractivity contribution in [1.29, 1.82) is 0 Å². The first-order valence-corrected chi connectivity index (χ1v) is 6.24. The molecule has 2 fully saturated rings. The molecule has 2 aliphatic rings. The molecule has 2 bridgehead atoms. The van der Waals surface area contributed by atoms with Crippen LogP contribution in [0.3, 0.4) is 0 Å². The van der Waals surface area contributed by atoms with Gasteiger partial charge in [0.05, 0.1) is 6.61 Å². The van der Waals surface area contributed by atoms with E-state index in [-0.39, 0.29) is 5.92 Å². The first kappa shape index (κ1) is 12.6. The Morgan fingerprint density at radius 2 is 2.26 bits per heavy atom. The number of nitrogens with zero attached hydrogens (tertiary/aromatic N) is 1. The lowest BCUT2D eigenvalue weighted by molar-refractivity contribution is -0.190. The molecule has 2 saturated heterocycles. The maximum Gasteiger partial charge on any atom is 0.330 e. The Hall–Kier alpha value is -1.44. The molecule has 3 heterocycles. The summed E-state index contributed by atoms with van der Waals surface area (Å²) in [6.45, 7) is 4.19. The van der Waals surface area contributed by atoms with Crippen LogP contribution in [0.2, 0.25) is 0 Å². The number of hydrogen-bond acceptors (Lipinski definition) is 5. The van der Waals surface area contributed by atoms with Crippen LogP contribution in [0.5, 0.6) is 0 Å². The monoisotopic (exact) mass is 268 g/mol. The quantitative estimate of drug-likeness (QED) is 0.734. The van der Waals surface area contributed by atoms with Crippen molar-refractivity contribution in [2.45, 2.75) is 37.9 Å². The van der Waals surface area contributed by atoms with Crippen LogP contribution in [0.15, 0.2) is 21.9 Å². The van der Waals surface area contributed by atoms with Crippen molar-refractivity contribution in [3.63, 3.8) is 0 Å². The molecule has 0 amide bonds. The second kappa shape index (κ2) is 4.03. The first-order chi connectivity index (χ1) is 8.95. The third kappa shape index (κ3) is 1.62. The van der Waals surface area contributed by atoms with E-state index in [0.29, 0.717) is 6.61 Å². The summed E-state index contributed by atoms with van der Waals surface area (Å²) in [7, 11) is 0. The van der Waals surface area contributed by atoms with Crippen molar-refractivity contribution in [3.8, 4) is 0 Å². The van der Waals surface area contributed by atoms with Crippen molar-refractivity contribution in [2.75, 3.05) is 6.61 Å². The third-order valence-corrected chi connectivity index (χ3v) is 4.04. The van der Waals surface area contributed by atoms with Crippen LogP contribution in [0.4, 0.5) is 0 Å².